The minimum atomic E-state index is -0.779. The number of allylic oxidation sites excluding steroid dienone is 2. The minimum absolute atomic E-state index is 0.0814. The van der Waals surface area contributed by atoms with Gasteiger partial charge in [0.05, 0.1) is 25.2 Å². The molecule has 308 valence electrons. The molecule has 0 saturated heterocycles. The molecule has 3 atom stereocenters. The summed E-state index contributed by atoms with van der Waals surface area (Å²) in [4.78, 5) is 25.9. The van der Waals surface area contributed by atoms with E-state index in [1.807, 2.05) is 0 Å². The first-order valence-electron chi connectivity index (χ1n) is 22.9. The average Bonchev–Trinajstić information content (AvgIpc) is 3.13. The highest BCUT2D eigenvalue weighted by Crippen LogP contribution is 2.18. The van der Waals surface area contributed by atoms with Crippen molar-refractivity contribution in [2.75, 3.05) is 6.61 Å². The van der Waals surface area contributed by atoms with Crippen LogP contribution in [0.25, 0.3) is 0 Å². The second-order valence-corrected chi connectivity index (χ2v) is 15.8. The lowest BCUT2D eigenvalue weighted by Crippen LogP contribution is -2.46. The lowest BCUT2D eigenvalue weighted by atomic mass is 10.0. The number of carbonyl (C=O) groups is 2. The van der Waals surface area contributed by atoms with Gasteiger partial charge in [0, 0.05) is 6.42 Å². The van der Waals surface area contributed by atoms with Gasteiger partial charge in [-0.3, -0.25) is 9.59 Å². The summed E-state index contributed by atoms with van der Waals surface area (Å²) < 4.78 is 5.89. The highest BCUT2D eigenvalue weighted by Gasteiger charge is 2.24. The van der Waals surface area contributed by atoms with Crippen LogP contribution in [-0.4, -0.2) is 46.9 Å². The molecule has 0 radical (unpaired) electrons. The molecule has 3 unspecified atom stereocenters. The summed E-state index contributed by atoms with van der Waals surface area (Å²) in [6.07, 6.45) is 42.7. The van der Waals surface area contributed by atoms with Gasteiger partial charge < -0.3 is 20.3 Å². The van der Waals surface area contributed by atoms with Crippen molar-refractivity contribution in [1.82, 2.24) is 5.32 Å². The molecule has 6 nitrogen and oxygen atoms in total. The van der Waals surface area contributed by atoms with Crippen molar-refractivity contribution in [1.29, 1.82) is 0 Å². The third-order valence-corrected chi connectivity index (χ3v) is 10.6. The monoisotopic (exact) mass is 736 g/mol. The van der Waals surface area contributed by atoms with Crippen LogP contribution in [0.15, 0.2) is 12.2 Å². The molecule has 0 bridgehead atoms. The van der Waals surface area contributed by atoms with E-state index in [2.05, 4.69) is 38.2 Å². The number of esters is 1. The summed E-state index contributed by atoms with van der Waals surface area (Å²) >= 11 is 0. The highest BCUT2D eigenvalue weighted by atomic mass is 16.5. The third kappa shape index (κ3) is 35.6. The number of hydrogen-bond donors (Lipinski definition) is 3. The number of amides is 1. The van der Waals surface area contributed by atoms with E-state index in [0.717, 1.165) is 51.4 Å². The summed E-state index contributed by atoms with van der Waals surface area (Å²) in [5, 5.41) is 23.5. The number of aliphatic hydroxyl groups excluding tert-OH is 2. The number of hydrogen-bond acceptors (Lipinski definition) is 5. The Morgan fingerprint density at radius 1 is 0.538 bits per heavy atom. The molecular weight excluding hydrogens is 647 g/mol. The van der Waals surface area contributed by atoms with Crippen LogP contribution in [0.4, 0.5) is 0 Å². The predicted molar refractivity (Wildman–Crippen MR) is 223 cm³/mol. The molecule has 6 heteroatoms. The van der Waals surface area contributed by atoms with E-state index in [1.165, 1.54) is 148 Å². The summed E-state index contributed by atoms with van der Waals surface area (Å²) in [7, 11) is 0. The smallest absolute Gasteiger partial charge is 0.306 e. The molecule has 0 aliphatic heterocycles. The van der Waals surface area contributed by atoms with Gasteiger partial charge in [-0.2, -0.15) is 0 Å². The molecule has 0 aromatic rings. The van der Waals surface area contributed by atoms with Crippen LogP contribution < -0.4 is 5.32 Å². The van der Waals surface area contributed by atoms with Crippen LogP contribution in [-0.2, 0) is 14.3 Å². The second kappa shape index (κ2) is 40.8. The molecule has 0 aromatic carbocycles. The van der Waals surface area contributed by atoms with Crippen molar-refractivity contribution in [3.63, 3.8) is 0 Å². The lowest BCUT2D eigenvalue weighted by molar-refractivity contribution is -0.151. The van der Waals surface area contributed by atoms with E-state index in [1.54, 1.807) is 0 Å². The van der Waals surface area contributed by atoms with Crippen LogP contribution >= 0.6 is 0 Å². The molecule has 0 heterocycles. The standard InChI is InChI=1S/C46H89NO5/c1-4-7-10-13-16-19-20-21-22-23-24-27-30-33-36-39-46(51)52-42(37-34-31-28-25-17-14-11-8-5-2)40-45(50)47-43(41-48)44(49)38-35-32-29-26-18-15-12-9-6-3/h19-20,42-44,48-49H,4-18,21-41H2,1-3H3,(H,47,50)/b20-19-. The van der Waals surface area contributed by atoms with Crippen molar-refractivity contribution in [3.8, 4) is 0 Å². The maximum absolute atomic E-state index is 13.1. The first-order valence-corrected chi connectivity index (χ1v) is 22.9. The molecule has 52 heavy (non-hydrogen) atoms. The highest BCUT2D eigenvalue weighted by molar-refractivity contribution is 5.77. The van der Waals surface area contributed by atoms with Gasteiger partial charge in [-0.25, -0.2) is 0 Å². The number of unbranched alkanes of at least 4 members (excludes halogenated alkanes) is 27. The van der Waals surface area contributed by atoms with Crippen LogP contribution in [0, 0.1) is 0 Å². The van der Waals surface area contributed by atoms with Crippen LogP contribution in [0.3, 0.4) is 0 Å². The Hall–Kier alpha value is -1.40. The molecule has 0 aliphatic rings. The molecule has 0 fully saturated rings. The van der Waals surface area contributed by atoms with Crippen molar-refractivity contribution >= 4 is 11.9 Å². The van der Waals surface area contributed by atoms with E-state index in [0.29, 0.717) is 19.3 Å². The Kier molecular flexibility index (Phi) is 39.7. The fourth-order valence-electron chi connectivity index (χ4n) is 7.07. The summed E-state index contributed by atoms with van der Waals surface area (Å²) in [6.45, 7) is 6.43. The zero-order valence-electron chi connectivity index (χ0n) is 35.0. The Bertz CT molecular complexity index is 787. The first-order chi connectivity index (χ1) is 25.5. The normalized spacial score (nSPS) is 13.4. The van der Waals surface area contributed by atoms with E-state index >= 15 is 0 Å². The second-order valence-electron chi connectivity index (χ2n) is 15.8. The van der Waals surface area contributed by atoms with E-state index in [4.69, 9.17) is 4.74 Å². The minimum Gasteiger partial charge on any atom is -0.462 e. The molecule has 0 aromatic heterocycles. The molecule has 0 saturated carbocycles. The van der Waals surface area contributed by atoms with Crippen molar-refractivity contribution < 1.29 is 24.5 Å². The lowest BCUT2D eigenvalue weighted by Gasteiger charge is -2.24. The van der Waals surface area contributed by atoms with Crippen LogP contribution in [0.1, 0.15) is 245 Å². The molecule has 3 N–H and O–H groups in total. The summed E-state index contributed by atoms with van der Waals surface area (Å²) in [6, 6.07) is -0.692. The third-order valence-electron chi connectivity index (χ3n) is 10.6. The van der Waals surface area contributed by atoms with E-state index < -0.39 is 18.2 Å². The Morgan fingerprint density at radius 2 is 0.923 bits per heavy atom. The summed E-state index contributed by atoms with van der Waals surface area (Å²) in [5.41, 5.74) is 0. The zero-order chi connectivity index (χ0) is 38.2. The van der Waals surface area contributed by atoms with Gasteiger partial charge >= 0.3 is 5.97 Å². The van der Waals surface area contributed by atoms with E-state index in [-0.39, 0.29) is 24.9 Å². The SMILES string of the molecule is CCCCCC/C=C\CCCCCCCCCC(=O)OC(CCCCCCCCCCC)CC(=O)NC(CO)C(O)CCCCCCCCCCC. The number of rotatable bonds is 41. The van der Waals surface area contributed by atoms with E-state index in [9.17, 15) is 19.8 Å². The molecule has 1 amide bonds. The van der Waals surface area contributed by atoms with Gasteiger partial charge in [0.15, 0.2) is 0 Å². The maximum atomic E-state index is 13.1. The number of aliphatic hydroxyl groups is 2. The first kappa shape index (κ1) is 50.6. The van der Waals surface area contributed by atoms with Gasteiger partial charge in [-0.1, -0.05) is 193 Å². The Labute approximate surface area is 323 Å². The molecule has 0 spiro atoms. The van der Waals surface area contributed by atoms with Gasteiger partial charge in [0.25, 0.3) is 0 Å². The topological polar surface area (TPSA) is 95.9 Å². The fraction of sp³-hybridized carbons (Fsp3) is 0.913. The van der Waals surface area contributed by atoms with Gasteiger partial charge in [0.2, 0.25) is 5.91 Å². The molecule has 0 aliphatic carbocycles. The largest absolute Gasteiger partial charge is 0.462 e. The average molecular weight is 736 g/mol. The predicted octanol–water partition coefficient (Wildman–Crippen LogP) is 13.0. The maximum Gasteiger partial charge on any atom is 0.306 e. The molecule has 0 rings (SSSR count). The van der Waals surface area contributed by atoms with Gasteiger partial charge in [0.1, 0.15) is 6.10 Å². The van der Waals surface area contributed by atoms with Crippen molar-refractivity contribution in [3.05, 3.63) is 12.2 Å². The van der Waals surface area contributed by atoms with Crippen LogP contribution in [0.2, 0.25) is 0 Å². The number of ether oxygens (including phenoxy) is 1. The fourth-order valence-corrected chi connectivity index (χ4v) is 7.07. The number of nitrogens with one attached hydrogen (secondary N) is 1. The summed E-state index contributed by atoms with van der Waals surface area (Å²) in [5.74, 6) is -0.472. The quantitative estimate of drug-likeness (QED) is 0.0330. The van der Waals surface area contributed by atoms with Crippen LogP contribution in [0.5, 0.6) is 0 Å². The van der Waals surface area contributed by atoms with Gasteiger partial charge in [-0.05, 0) is 51.4 Å². The zero-order valence-corrected chi connectivity index (χ0v) is 35.0. The number of carbonyl (C=O) groups excluding carboxylic acids is 2. The Balaban J connectivity index is 4.49. The van der Waals surface area contributed by atoms with Crippen molar-refractivity contribution in [2.24, 2.45) is 0 Å². The van der Waals surface area contributed by atoms with Gasteiger partial charge in [-0.15, -0.1) is 0 Å². The Morgan fingerprint density at radius 3 is 1.38 bits per heavy atom. The molecular formula is C46H89NO5. The van der Waals surface area contributed by atoms with Crippen molar-refractivity contribution in [2.45, 2.75) is 264 Å².